The summed E-state index contributed by atoms with van der Waals surface area (Å²) in [5.41, 5.74) is 0.400. The number of ketones is 1. The van der Waals surface area contributed by atoms with Crippen LogP contribution in [-0.2, 0) is 6.61 Å². The third kappa shape index (κ3) is 5.23. The average Bonchev–Trinajstić information content (AvgIpc) is 3.19. The molecule has 0 radical (unpaired) electrons. The van der Waals surface area contributed by atoms with Gasteiger partial charge in [-0.2, -0.15) is 0 Å². The van der Waals surface area contributed by atoms with Gasteiger partial charge in [0.05, 0.1) is 25.1 Å². The van der Waals surface area contributed by atoms with Crippen molar-refractivity contribution >= 4 is 93.1 Å². The maximum absolute atomic E-state index is 12.2. The molecule has 3 nitrogen and oxygen atoms in total. The van der Waals surface area contributed by atoms with E-state index in [1.165, 1.54) is 18.2 Å². The fourth-order valence-corrected chi connectivity index (χ4v) is 3.85. The van der Waals surface area contributed by atoms with Gasteiger partial charge in [-0.1, -0.05) is 81.2 Å². The zero-order valence-electron chi connectivity index (χ0n) is 14.6. The summed E-state index contributed by atoms with van der Waals surface area (Å²) in [6.45, 7) is -0.0116. The topological polar surface area (TPSA) is 39.4 Å². The molecule has 2 aromatic carbocycles. The summed E-state index contributed by atoms with van der Waals surface area (Å²) in [6.07, 6.45) is 2.87. The second-order valence-electron chi connectivity index (χ2n) is 5.82. The maximum atomic E-state index is 12.2. The molecule has 0 saturated carbocycles. The average molecular weight is 545 g/mol. The molecule has 1 aromatic heterocycles. The number of carbonyl (C=O) groups excluding carboxylic acids is 1. The molecule has 0 spiro atoms. The van der Waals surface area contributed by atoms with Crippen LogP contribution in [0.15, 0.2) is 40.8 Å². The number of halogens is 7. The van der Waals surface area contributed by atoms with Crippen molar-refractivity contribution in [3.63, 3.8) is 0 Å². The fourth-order valence-electron chi connectivity index (χ4n) is 2.32. The van der Waals surface area contributed by atoms with Crippen LogP contribution in [0, 0.1) is 0 Å². The number of allylic oxidation sites excluding steroid dienone is 1. The molecule has 0 aliphatic carbocycles. The molecule has 156 valence electrons. The molecule has 30 heavy (non-hydrogen) atoms. The second kappa shape index (κ2) is 10.1. The lowest BCUT2D eigenvalue weighted by Gasteiger charge is -2.12. The second-order valence-corrected chi connectivity index (χ2v) is 8.52. The van der Waals surface area contributed by atoms with E-state index in [4.69, 9.17) is 90.4 Å². The first kappa shape index (κ1) is 23.6. The van der Waals surface area contributed by atoms with Gasteiger partial charge in [-0.15, -0.1) is 0 Å². The number of ether oxygens (including phenoxy) is 1. The first-order valence-electron chi connectivity index (χ1n) is 8.09. The summed E-state index contributed by atoms with van der Waals surface area (Å²) >= 11 is 42.0. The van der Waals surface area contributed by atoms with Crippen molar-refractivity contribution in [2.24, 2.45) is 0 Å². The standard InChI is InChI=1S/C20H9Cl7O3/c21-12-5-1-9(7-13(12)22)14(28)6-4-10-2-3-11(30-10)8-29-20-18(26)16(24)15(23)17(25)19(20)27/h1-7H,8H2/b6-4+. The predicted molar refractivity (Wildman–Crippen MR) is 124 cm³/mol. The Hall–Kier alpha value is -1.04. The van der Waals surface area contributed by atoms with Gasteiger partial charge >= 0.3 is 0 Å². The largest absolute Gasteiger partial charge is 0.482 e. The van der Waals surface area contributed by atoms with Crippen LogP contribution >= 0.6 is 81.2 Å². The van der Waals surface area contributed by atoms with Crippen molar-refractivity contribution in [1.29, 1.82) is 0 Å². The molecule has 0 aliphatic rings. The van der Waals surface area contributed by atoms with E-state index in [-0.39, 0.29) is 43.3 Å². The Bertz CT molecular complexity index is 1120. The molecular formula is C20H9Cl7O3. The summed E-state index contributed by atoms with van der Waals surface area (Å²) in [5, 5.41) is 0.852. The van der Waals surface area contributed by atoms with Crippen LogP contribution in [0.1, 0.15) is 21.9 Å². The van der Waals surface area contributed by atoms with Gasteiger partial charge in [-0.25, -0.2) is 0 Å². The van der Waals surface area contributed by atoms with Crippen LogP contribution in [0.5, 0.6) is 5.75 Å². The van der Waals surface area contributed by atoms with Crippen LogP contribution < -0.4 is 4.74 Å². The van der Waals surface area contributed by atoms with E-state index in [2.05, 4.69) is 0 Å². The number of hydrogen-bond donors (Lipinski definition) is 0. The van der Waals surface area contributed by atoms with Gasteiger partial charge in [0.15, 0.2) is 11.5 Å². The lowest BCUT2D eigenvalue weighted by Crippen LogP contribution is -1.96. The summed E-state index contributed by atoms with van der Waals surface area (Å²) in [7, 11) is 0. The minimum atomic E-state index is -0.258. The van der Waals surface area contributed by atoms with E-state index >= 15 is 0 Å². The molecule has 3 rings (SSSR count). The van der Waals surface area contributed by atoms with Crippen molar-refractivity contribution in [1.82, 2.24) is 0 Å². The normalized spacial score (nSPS) is 11.3. The third-order valence-electron chi connectivity index (χ3n) is 3.81. The van der Waals surface area contributed by atoms with Gasteiger partial charge in [0.1, 0.15) is 28.2 Å². The summed E-state index contributed by atoms with van der Waals surface area (Å²) < 4.78 is 11.2. The lowest BCUT2D eigenvalue weighted by atomic mass is 10.1. The first-order valence-corrected chi connectivity index (χ1v) is 10.7. The van der Waals surface area contributed by atoms with Crippen LogP contribution in [-0.4, -0.2) is 5.78 Å². The van der Waals surface area contributed by atoms with Crippen LogP contribution in [0.4, 0.5) is 0 Å². The number of hydrogen-bond acceptors (Lipinski definition) is 3. The zero-order chi connectivity index (χ0) is 22.0. The maximum Gasteiger partial charge on any atom is 0.186 e. The molecule has 10 heteroatoms. The van der Waals surface area contributed by atoms with Crippen molar-refractivity contribution in [2.45, 2.75) is 6.61 Å². The molecule has 0 amide bonds. The first-order chi connectivity index (χ1) is 14.2. The van der Waals surface area contributed by atoms with E-state index in [1.54, 1.807) is 24.3 Å². The van der Waals surface area contributed by atoms with E-state index < -0.39 is 0 Å². The third-order valence-corrected chi connectivity index (χ3v) is 6.79. The smallest absolute Gasteiger partial charge is 0.186 e. The Balaban J connectivity index is 1.69. The molecule has 0 unspecified atom stereocenters. The lowest BCUT2D eigenvalue weighted by molar-refractivity contribution is 0.104. The number of carbonyl (C=O) groups is 1. The zero-order valence-corrected chi connectivity index (χ0v) is 19.9. The Morgan fingerprint density at radius 1 is 0.833 bits per heavy atom. The quantitative estimate of drug-likeness (QED) is 0.134. The minimum Gasteiger partial charge on any atom is -0.482 e. The van der Waals surface area contributed by atoms with Gasteiger partial charge in [-0.3, -0.25) is 4.79 Å². The fraction of sp³-hybridized carbons (Fsp3) is 0.0500. The highest BCUT2D eigenvalue weighted by Gasteiger charge is 2.21. The van der Waals surface area contributed by atoms with Crippen molar-refractivity contribution in [2.75, 3.05) is 0 Å². The van der Waals surface area contributed by atoms with Gasteiger partial charge in [0, 0.05) is 5.56 Å². The Kier molecular flexibility index (Phi) is 7.92. The van der Waals surface area contributed by atoms with Gasteiger partial charge < -0.3 is 9.15 Å². The highest BCUT2D eigenvalue weighted by molar-refractivity contribution is 6.55. The molecule has 0 bridgehead atoms. The molecule has 3 aromatic rings. The van der Waals surface area contributed by atoms with E-state index in [0.717, 1.165) is 0 Å². The number of benzene rings is 2. The monoisotopic (exact) mass is 542 g/mol. The Morgan fingerprint density at radius 2 is 1.47 bits per heavy atom. The molecule has 1 heterocycles. The molecule has 0 saturated heterocycles. The van der Waals surface area contributed by atoms with E-state index in [1.807, 2.05) is 0 Å². The number of rotatable bonds is 6. The molecule has 0 N–H and O–H groups in total. The van der Waals surface area contributed by atoms with Crippen LogP contribution in [0.2, 0.25) is 35.2 Å². The van der Waals surface area contributed by atoms with Crippen molar-refractivity contribution in [3.8, 4) is 5.75 Å². The summed E-state index contributed by atoms with van der Waals surface area (Å²) in [5.74, 6) is 0.713. The highest BCUT2D eigenvalue weighted by Crippen LogP contribution is 2.48. The highest BCUT2D eigenvalue weighted by atomic mass is 35.5. The summed E-state index contributed by atoms with van der Waals surface area (Å²) in [4.78, 5) is 12.2. The minimum absolute atomic E-state index is 0.0116. The number of furan rings is 1. The van der Waals surface area contributed by atoms with Gasteiger partial charge in [-0.05, 0) is 42.5 Å². The van der Waals surface area contributed by atoms with Gasteiger partial charge in [0.25, 0.3) is 0 Å². The van der Waals surface area contributed by atoms with Crippen molar-refractivity contribution < 1.29 is 13.9 Å². The van der Waals surface area contributed by atoms with E-state index in [9.17, 15) is 4.79 Å². The molecule has 0 aliphatic heterocycles. The predicted octanol–water partition coefficient (Wildman–Crippen LogP) is 9.33. The molecular weight excluding hydrogens is 536 g/mol. The van der Waals surface area contributed by atoms with Crippen LogP contribution in [0.3, 0.4) is 0 Å². The van der Waals surface area contributed by atoms with Crippen molar-refractivity contribution in [3.05, 3.63) is 88.7 Å². The molecule has 0 fully saturated rings. The van der Waals surface area contributed by atoms with E-state index in [0.29, 0.717) is 27.1 Å². The van der Waals surface area contributed by atoms with Crippen LogP contribution in [0.25, 0.3) is 6.08 Å². The molecule has 0 atom stereocenters. The Labute approximate surface area is 207 Å². The summed E-state index contributed by atoms with van der Waals surface area (Å²) in [6, 6.07) is 7.97. The Morgan fingerprint density at radius 3 is 2.10 bits per heavy atom. The van der Waals surface area contributed by atoms with Gasteiger partial charge in [0.2, 0.25) is 0 Å². The SMILES string of the molecule is O=C(/C=C/c1ccc(COc2c(Cl)c(Cl)c(Cl)c(Cl)c2Cl)o1)c1ccc(Cl)c(Cl)c1.